The van der Waals surface area contributed by atoms with Crippen molar-refractivity contribution in [3.8, 4) is 22.5 Å². The van der Waals surface area contributed by atoms with E-state index in [0.29, 0.717) is 0 Å². The lowest BCUT2D eigenvalue weighted by Gasteiger charge is -2.26. The van der Waals surface area contributed by atoms with Gasteiger partial charge in [0.15, 0.2) is 0 Å². The second-order valence-corrected chi connectivity index (χ2v) is 11.0. The Kier molecular flexibility index (Phi) is 5.45. The van der Waals surface area contributed by atoms with Crippen molar-refractivity contribution in [3.63, 3.8) is 0 Å². The second-order valence-electron chi connectivity index (χ2n) is 11.0. The predicted molar refractivity (Wildman–Crippen MR) is 137 cm³/mol. The van der Waals surface area contributed by atoms with Crippen LogP contribution in [0.2, 0.25) is 0 Å². The van der Waals surface area contributed by atoms with Gasteiger partial charge in [-0.15, -0.1) is 0 Å². The number of rotatable bonds is 2. The zero-order valence-corrected chi connectivity index (χ0v) is 20.7. The zero-order chi connectivity index (χ0) is 23.3. The number of fused-ring (bicyclic) bond motifs is 1. The van der Waals surface area contributed by atoms with Gasteiger partial charge in [0.05, 0.1) is 22.4 Å². The Labute approximate surface area is 192 Å². The standard InChI is InChI=1S/C30H34N2/c1-19-11-9-13-21(17-19)25-26(22-14-10-12-20(2)18-22)32-28-24(30(6,7)8)16-15-23(27(28)31-25)29(3,4)5/h9-18H,1-8H3. The molecule has 0 aliphatic carbocycles. The van der Waals surface area contributed by atoms with Gasteiger partial charge in [0.1, 0.15) is 0 Å². The maximum Gasteiger partial charge on any atom is 0.0973 e. The number of hydrogen-bond donors (Lipinski definition) is 0. The Morgan fingerprint density at radius 2 is 0.906 bits per heavy atom. The number of nitrogens with zero attached hydrogens (tertiary/aromatic N) is 2. The Hall–Kier alpha value is -3.00. The van der Waals surface area contributed by atoms with Crippen LogP contribution < -0.4 is 0 Å². The molecule has 0 radical (unpaired) electrons. The maximum atomic E-state index is 5.37. The minimum absolute atomic E-state index is 0.0297. The van der Waals surface area contributed by atoms with Crippen LogP contribution in [-0.2, 0) is 10.8 Å². The minimum atomic E-state index is -0.0297. The van der Waals surface area contributed by atoms with E-state index in [1.54, 1.807) is 0 Å². The molecule has 0 aliphatic rings. The van der Waals surface area contributed by atoms with Crippen molar-refractivity contribution in [2.24, 2.45) is 0 Å². The van der Waals surface area contributed by atoms with E-state index in [2.05, 4.69) is 116 Å². The first-order chi connectivity index (χ1) is 14.9. The van der Waals surface area contributed by atoms with E-state index in [9.17, 15) is 0 Å². The quantitative estimate of drug-likeness (QED) is 0.325. The molecule has 4 aromatic rings. The van der Waals surface area contributed by atoms with Crippen LogP contribution in [0.1, 0.15) is 63.8 Å². The average molecular weight is 423 g/mol. The molecule has 0 aliphatic heterocycles. The maximum absolute atomic E-state index is 5.37. The molecule has 1 aromatic heterocycles. The van der Waals surface area contributed by atoms with Gasteiger partial charge < -0.3 is 0 Å². The van der Waals surface area contributed by atoms with E-state index < -0.39 is 0 Å². The SMILES string of the molecule is Cc1cccc(-c2nc3c(C(C)(C)C)ccc(C(C)(C)C)c3nc2-c2cccc(C)c2)c1. The summed E-state index contributed by atoms with van der Waals surface area (Å²) in [7, 11) is 0. The fourth-order valence-electron chi connectivity index (χ4n) is 4.33. The summed E-state index contributed by atoms with van der Waals surface area (Å²) >= 11 is 0. The van der Waals surface area contributed by atoms with E-state index in [1.165, 1.54) is 22.3 Å². The summed E-state index contributed by atoms with van der Waals surface area (Å²) in [5.74, 6) is 0. The van der Waals surface area contributed by atoms with Crippen molar-refractivity contribution in [2.75, 3.05) is 0 Å². The third-order valence-corrected chi connectivity index (χ3v) is 6.02. The lowest BCUT2D eigenvalue weighted by Crippen LogP contribution is -2.17. The highest BCUT2D eigenvalue weighted by molar-refractivity contribution is 5.90. The summed E-state index contributed by atoms with van der Waals surface area (Å²) in [5.41, 5.74) is 11.0. The molecule has 3 aromatic carbocycles. The Bertz CT molecular complexity index is 1200. The molecule has 0 fully saturated rings. The zero-order valence-electron chi connectivity index (χ0n) is 20.7. The molecule has 0 saturated carbocycles. The van der Waals surface area contributed by atoms with Crippen LogP contribution in [-0.4, -0.2) is 9.97 Å². The van der Waals surface area contributed by atoms with Crippen LogP contribution in [0, 0.1) is 13.8 Å². The molecule has 0 N–H and O–H groups in total. The van der Waals surface area contributed by atoms with Gasteiger partial charge in [-0.3, -0.25) is 0 Å². The van der Waals surface area contributed by atoms with Crippen LogP contribution >= 0.6 is 0 Å². The van der Waals surface area contributed by atoms with E-state index in [0.717, 1.165) is 33.5 Å². The third-order valence-electron chi connectivity index (χ3n) is 6.02. The van der Waals surface area contributed by atoms with E-state index >= 15 is 0 Å². The number of aryl methyl sites for hydroxylation is 2. The molecule has 0 bridgehead atoms. The van der Waals surface area contributed by atoms with Crippen LogP contribution in [0.4, 0.5) is 0 Å². The summed E-state index contributed by atoms with van der Waals surface area (Å²) < 4.78 is 0. The van der Waals surface area contributed by atoms with E-state index in [-0.39, 0.29) is 10.8 Å². The number of benzene rings is 3. The van der Waals surface area contributed by atoms with Crippen molar-refractivity contribution >= 4 is 11.0 Å². The Morgan fingerprint density at radius 3 is 1.22 bits per heavy atom. The minimum Gasteiger partial charge on any atom is -0.244 e. The molecule has 0 amide bonds. The van der Waals surface area contributed by atoms with Crippen molar-refractivity contribution < 1.29 is 0 Å². The fraction of sp³-hybridized carbons (Fsp3) is 0.333. The monoisotopic (exact) mass is 422 g/mol. The summed E-state index contributed by atoms with van der Waals surface area (Å²) in [6.45, 7) is 17.8. The lowest BCUT2D eigenvalue weighted by molar-refractivity contribution is 0.583. The molecular formula is C30H34N2. The Balaban J connectivity index is 2.18. The second kappa shape index (κ2) is 7.85. The fourth-order valence-corrected chi connectivity index (χ4v) is 4.33. The summed E-state index contributed by atoms with van der Waals surface area (Å²) in [6, 6.07) is 21.7. The van der Waals surface area contributed by atoms with Crippen LogP contribution in [0.25, 0.3) is 33.5 Å². The van der Waals surface area contributed by atoms with Crippen molar-refractivity contribution in [2.45, 2.75) is 66.2 Å². The highest BCUT2D eigenvalue weighted by atomic mass is 14.8. The smallest absolute Gasteiger partial charge is 0.0973 e. The van der Waals surface area contributed by atoms with E-state index in [1.807, 2.05) is 0 Å². The largest absolute Gasteiger partial charge is 0.244 e. The van der Waals surface area contributed by atoms with Crippen LogP contribution in [0.5, 0.6) is 0 Å². The molecule has 1 heterocycles. The van der Waals surface area contributed by atoms with Gasteiger partial charge in [-0.2, -0.15) is 0 Å². The predicted octanol–water partition coefficient (Wildman–Crippen LogP) is 8.18. The van der Waals surface area contributed by atoms with Gasteiger partial charge >= 0.3 is 0 Å². The molecule has 0 saturated heterocycles. The summed E-state index contributed by atoms with van der Waals surface area (Å²) in [6.07, 6.45) is 0. The third kappa shape index (κ3) is 4.19. The number of hydrogen-bond acceptors (Lipinski definition) is 2. The first-order valence-corrected chi connectivity index (χ1v) is 11.4. The van der Waals surface area contributed by atoms with Gasteiger partial charge in [-0.25, -0.2) is 9.97 Å². The highest BCUT2D eigenvalue weighted by Crippen LogP contribution is 2.39. The van der Waals surface area contributed by atoms with Gasteiger partial charge in [0, 0.05) is 11.1 Å². The van der Waals surface area contributed by atoms with Crippen LogP contribution in [0.15, 0.2) is 60.7 Å². The molecule has 0 atom stereocenters. The molecule has 164 valence electrons. The van der Waals surface area contributed by atoms with Crippen molar-refractivity contribution in [3.05, 3.63) is 82.9 Å². The topological polar surface area (TPSA) is 25.8 Å². The summed E-state index contributed by atoms with van der Waals surface area (Å²) in [5, 5.41) is 0. The van der Waals surface area contributed by atoms with Crippen LogP contribution in [0.3, 0.4) is 0 Å². The molecule has 0 spiro atoms. The normalized spacial score (nSPS) is 12.4. The van der Waals surface area contributed by atoms with E-state index in [4.69, 9.17) is 9.97 Å². The highest BCUT2D eigenvalue weighted by Gasteiger charge is 2.26. The molecule has 4 rings (SSSR count). The molecule has 0 unspecified atom stereocenters. The van der Waals surface area contributed by atoms with Crippen molar-refractivity contribution in [1.82, 2.24) is 9.97 Å². The first-order valence-electron chi connectivity index (χ1n) is 11.4. The van der Waals surface area contributed by atoms with Gasteiger partial charge in [-0.05, 0) is 47.9 Å². The Morgan fingerprint density at radius 1 is 0.531 bits per heavy atom. The molecular weight excluding hydrogens is 388 g/mol. The van der Waals surface area contributed by atoms with Gasteiger partial charge in [-0.1, -0.05) is 101 Å². The van der Waals surface area contributed by atoms with Crippen molar-refractivity contribution in [1.29, 1.82) is 0 Å². The molecule has 2 nitrogen and oxygen atoms in total. The summed E-state index contributed by atoms with van der Waals surface area (Å²) in [4.78, 5) is 10.7. The first kappa shape index (κ1) is 22.2. The van der Waals surface area contributed by atoms with Gasteiger partial charge in [0.25, 0.3) is 0 Å². The molecule has 32 heavy (non-hydrogen) atoms. The number of aromatic nitrogens is 2. The lowest BCUT2D eigenvalue weighted by atomic mass is 9.80. The average Bonchev–Trinajstić information content (AvgIpc) is 2.70. The van der Waals surface area contributed by atoms with Gasteiger partial charge in [0.2, 0.25) is 0 Å². The molecule has 2 heteroatoms.